The minimum absolute atomic E-state index is 0.702. The van der Waals surface area contributed by atoms with Crippen molar-refractivity contribution in [3.8, 4) is 39.4 Å². The number of benzene rings is 4. The fraction of sp³-hybridized carbons (Fsp3) is 0. The predicted molar refractivity (Wildman–Crippen MR) is 138 cm³/mol. The summed E-state index contributed by atoms with van der Waals surface area (Å²) in [4.78, 5) is 4.23. The van der Waals surface area contributed by atoms with Gasteiger partial charge in [-0.25, -0.2) is 0 Å². The summed E-state index contributed by atoms with van der Waals surface area (Å²) >= 11 is 1.80. The van der Waals surface area contributed by atoms with E-state index in [9.17, 15) is 5.26 Å². The molecule has 0 spiro atoms. The summed E-state index contributed by atoms with van der Waals surface area (Å²) in [5, 5.41) is 12.1. The monoisotopic (exact) mass is 438 g/mol. The molecule has 0 saturated heterocycles. The maximum atomic E-state index is 9.64. The van der Waals surface area contributed by atoms with Gasteiger partial charge in [-0.05, 0) is 34.4 Å². The molecule has 0 aliphatic carbocycles. The standard InChI is InChI=1S/C30H18N2S/c31-18-22-6-1-2-8-24(22)26-10-4-12-28-27-11-3-9-25(29(27)33-30(26)28)21-15-13-20(14-16-21)23-7-5-17-32-19-23/h1-17,19H. The molecule has 0 fully saturated rings. The van der Waals surface area contributed by atoms with Gasteiger partial charge >= 0.3 is 0 Å². The Morgan fingerprint density at radius 3 is 1.97 bits per heavy atom. The Morgan fingerprint density at radius 2 is 1.24 bits per heavy atom. The number of rotatable bonds is 3. The third-order valence-corrected chi connectivity index (χ3v) is 7.34. The van der Waals surface area contributed by atoms with E-state index in [2.05, 4.69) is 77.8 Å². The molecule has 2 aromatic heterocycles. The van der Waals surface area contributed by atoms with Crippen molar-refractivity contribution < 1.29 is 0 Å². The molecule has 0 aliphatic heterocycles. The van der Waals surface area contributed by atoms with E-state index >= 15 is 0 Å². The Labute approximate surface area is 196 Å². The van der Waals surface area contributed by atoms with Crippen molar-refractivity contribution in [3.05, 3.63) is 115 Å². The lowest BCUT2D eigenvalue weighted by molar-refractivity contribution is 1.33. The van der Waals surface area contributed by atoms with Gasteiger partial charge in [0.15, 0.2) is 0 Å². The highest BCUT2D eigenvalue weighted by Gasteiger charge is 2.15. The van der Waals surface area contributed by atoms with Crippen LogP contribution in [0.3, 0.4) is 0 Å². The van der Waals surface area contributed by atoms with Gasteiger partial charge in [0, 0.05) is 43.7 Å². The Hall–Kier alpha value is -4.26. The molecule has 0 aliphatic rings. The van der Waals surface area contributed by atoms with Crippen LogP contribution in [-0.4, -0.2) is 4.98 Å². The Morgan fingerprint density at radius 1 is 0.576 bits per heavy atom. The first-order chi connectivity index (χ1) is 16.3. The zero-order valence-electron chi connectivity index (χ0n) is 17.7. The molecule has 2 heterocycles. The topological polar surface area (TPSA) is 36.7 Å². The van der Waals surface area contributed by atoms with Crippen molar-refractivity contribution in [2.24, 2.45) is 0 Å². The van der Waals surface area contributed by atoms with Crippen LogP contribution >= 0.6 is 11.3 Å². The van der Waals surface area contributed by atoms with Gasteiger partial charge in [-0.1, -0.05) is 84.9 Å². The molecule has 0 bridgehead atoms. The van der Waals surface area contributed by atoms with Crippen molar-refractivity contribution in [1.82, 2.24) is 4.98 Å². The van der Waals surface area contributed by atoms with Crippen LogP contribution in [-0.2, 0) is 0 Å². The third kappa shape index (κ3) is 3.29. The molecule has 154 valence electrons. The summed E-state index contributed by atoms with van der Waals surface area (Å²) in [5.74, 6) is 0. The van der Waals surface area contributed by atoms with Crippen LogP contribution in [0.15, 0.2) is 109 Å². The number of hydrogen-bond acceptors (Lipinski definition) is 3. The number of aromatic nitrogens is 1. The summed E-state index contributed by atoms with van der Waals surface area (Å²) in [5.41, 5.74) is 7.50. The molecule has 0 unspecified atom stereocenters. The summed E-state index contributed by atoms with van der Waals surface area (Å²) in [6, 6.07) is 35.8. The molecule has 0 radical (unpaired) electrons. The molecular weight excluding hydrogens is 420 g/mol. The molecular formula is C30H18N2S. The van der Waals surface area contributed by atoms with Crippen LogP contribution in [0.4, 0.5) is 0 Å². The predicted octanol–water partition coefficient (Wildman–Crippen LogP) is 8.32. The Balaban J connectivity index is 1.53. The van der Waals surface area contributed by atoms with E-state index in [1.807, 2.05) is 36.5 Å². The van der Waals surface area contributed by atoms with Gasteiger partial charge in [-0.3, -0.25) is 4.98 Å². The van der Waals surface area contributed by atoms with Gasteiger partial charge in [-0.15, -0.1) is 11.3 Å². The SMILES string of the molecule is N#Cc1ccccc1-c1cccc2c1sc1c(-c3ccc(-c4cccnc4)cc3)cccc12. The first-order valence-electron chi connectivity index (χ1n) is 10.8. The van der Waals surface area contributed by atoms with Crippen LogP contribution in [0.25, 0.3) is 53.6 Å². The highest BCUT2D eigenvalue weighted by molar-refractivity contribution is 7.26. The molecule has 0 amide bonds. The van der Waals surface area contributed by atoms with Crippen LogP contribution in [0.1, 0.15) is 5.56 Å². The van der Waals surface area contributed by atoms with Crippen molar-refractivity contribution in [2.75, 3.05) is 0 Å². The minimum Gasteiger partial charge on any atom is -0.264 e. The van der Waals surface area contributed by atoms with Gasteiger partial charge < -0.3 is 0 Å². The van der Waals surface area contributed by atoms with Crippen molar-refractivity contribution in [1.29, 1.82) is 5.26 Å². The smallest absolute Gasteiger partial charge is 0.0998 e. The zero-order chi connectivity index (χ0) is 22.2. The number of hydrogen-bond donors (Lipinski definition) is 0. The van der Waals surface area contributed by atoms with E-state index in [-0.39, 0.29) is 0 Å². The van der Waals surface area contributed by atoms with E-state index in [1.165, 1.54) is 31.3 Å². The van der Waals surface area contributed by atoms with Gasteiger partial charge in [0.25, 0.3) is 0 Å². The first-order valence-corrected chi connectivity index (χ1v) is 11.6. The highest BCUT2D eigenvalue weighted by atomic mass is 32.1. The fourth-order valence-corrected chi connectivity index (χ4v) is 5.81. The second kappa shape index (κ2) is 8.02. The maximum absolute atomic E-state index is 9.64. The van der Waals surface area contributed by atoms with Gasteiger partial charge in [0.1, 0.15) is 0 Å². The van der Waals surface area contributed by atoms with E-state index in [0.29, 0.717) is 5.56 Å². The van der Waals surface area contributed by atoms with E-state index < -0.39 is 0 Å². The summed E-state index contributed by atoms with van der Waals surface area (Å²) in [7, 11) is 0. The van der Waals surface area contributed by atoms with Crippen molar-refractivity contribution in [2.45, 2.75) is 0 Å². The zero-order valence-corrected chi connectivity index (χ0v) is 18.5. The van der Waals surface area contributed by atoms with Gasteiger partial charge in [0.2, 0.25) is 0 Å². The van der Waals surface area contributed by atoms with Crippen LogP contribution in [0.2, 0.25) is 0 Å². The second-order valence-corrected chi connectivity index (χ2v) is 8.96. The first kappa shape index (κ1) is 19.4. The lowest BCUT2D eigenvalue weighted by atomic mass is 9.97. The van der Waals surface area contributed by atoms with Crippen molar-refractivity contribution >= 4 is 31.5 Å². The van der Waals surface area contributed by atoms with Gasteiger partial charge in [-0.2, -0.15) is 5.26 Å². The molecule has 33 heavy (non-hydrogen) atoms. The van der Waals surface area contributed by atoms with Gasteiger partial charge in [0.05, 0.1) is 11.6 Å². The molecule has 0 atom stereocenters. The number of fused-ring (bicyclic) bond motifs is 3. The normalized spacial score (nSPS) is 11.0. The van der Waals surface area contributed by atoms with E-state index in [1.54, 1.807) is 17.5 Å². The lowest BCUT2D eigenvalue weighted by Crippen LogP contribution is -1.83. The van der Waals surface area contributed by atoms with Crippen molar-refractivity contribution in [3.63, 3.8) is 0 Å². The maximum Gasteiger partial charge on any atom is 0.0998 e. The average Bonchev–Trinajstić information content (AvgIpc) is 3.28. The Kier molecular flexibility index (Phi) is 4.72. The molecule has 6 aromatic rings. The minimum atomic E-state index is 0.702. The van der Waals surface area contributed by atoms with Crippen LogP contribution in [0.5, 0.6) is 0 Å². The summed E-state index contributed by atoms with van der Waals surface area (Å²) < 4.78 is 2.48. The number of pyridine rings is 1. The third-order valence-electron chi connectivity index (χ3n) is 6.05. The number of thiophene rings is 1. The quantitative estimate of drug-likeness (QED) is 0.278. The molecule has 2 nitrogen and oxygen atoms in total. The largest absolute Gasteiger partial charge is 0.264 e. The molecule has 4 aromatic carbocycles. The fourth-order valence-electron chi connectivity index (χ4n) is 4.45. The second-order valence-electron chi connectivity index (χ2n) is 7.94. The average molecular weight is 439 g/mol. The van der Waals surface area contributed by atoms with Crippen LogP contribution in [0, 0.1) is 11.3 Å². The number of nitriles is 1. The highest BCUT2D eigenvalue weighted by Crippen LogP contribution is 2.44. The Bertz CT molecular complexity index is 1660. The molecule has 3 heteroatoms. The van der Waals surface area contributed by atoms with E-state index in [0.717, 1.165) is 22.3 Å². The lowest BCUT2D eigenvalue weighted by Gasteiger charge is -2.06. The van der Waals surface area contributed by atoms with Crippen LogP contribution < -0.4 is 0 Å². The molecule has 0 saturated carbocycles. The molecule has 6 rings (SSSR count). The summed E-state index contributed by atoms with van der Waals surface area (Å²) in [6.45, 7) is 0. The van der Waals surface area contributed by atoms with E-state index in [4.69, 9.17) is 0 Å². The molecule has 0 N–H and O–H groups in total. The summed E-state index contributed by atoms with van der Waals surface area (Å²) in [6.07, 6.45) is 3.69. The number of nitrogens with zero attached hydrogens (tertiary/aromatic N) is 2.